The molecule has 31 heavy (non-hydrogen) atoms. The molecule has 0 aliphatic carbocycles. The monoisotopic (exact) mass is 430 g/mol. The summed E-state index contributed by atoms with van der Waals surface area (Å²) in [5.41, 5.74) is 0.891. The number of amides is 2. The normalized spacial score (nSPS) is 16.1. The lowest BCUT2D eigenvalue weighted by molar-refractivity contribution is -0.137. The molecule has 4 nitrogen and oxygen atoms in total. The van der Waals surface area contributed by atoms with Gasteiger partial charge in [0.2, 0.25) is 11.8 Å². The van der Waals surface area contributed by atoms with Crippen molar-refractivity contribution in [2.75, 3.05) is 6.54 Å². The first kappa shape index (κ1) is 22.6. The van der Waals surface area contributed by atoms with Gasteiger partial charge in [0.25, 0.3) is 0 Å². The van der Waals surface area contributed by atoms with Crippen LogP contribution < -0.4 is 5.32 Å². The summed E-state index contributed by atoms with van der Waals surface area (Å²) >= 11 is 0. The molecular weight excluding hydrogens is 405 g/mol. The fourth-order valence-electron chi connectivity index (χ4n) is 3.70. The van der Waals surface area contributed by atoms with Gasteiger partial charge in [0.1, 0.15) is 0 Å². The second kappa shape index (κ2) is 8.57. The molecule has 0 aromatic heterocycles. The number of nitrogens with zero attached hydrogens (tertiary/aromatic N) is 1. The van der Waals surface area contributed by atoms with Gasteiger partial charge in [0.15, 0.2) is 0 Å². The predicted molar refractivity (Wildman–Crippen MR) is 113 cm³/mol. The maximum absolute atomic E-state index is 13.0. The smallest absolute Gasteiger partial charge is 0.355 e. The Labute approximate surface area is 179 Å². The van der Waals surface area contributed by atoms with E-state index < -0.39 is 23.2 Å². The van der Waals surface area contributed by atoms with Crippen molar-refractivity contribution in [1.29, 1.82) is 0 Å². The Morgan fingerprint density at radius 3 is 2.39 bits per heavy atom. The Morgan fingerprint density at radius 1 is 1.03 bits per heavy atom. The molecule has 0 saturated carbocycles. The molecule has 0 fully saturated rings. The summed E-state index contributed by atoms with van der Waals surface area (Å²) in [6.45, 7) is 5.17. The standard InChI is InChI=1S/C24H25F3N2O2/c1-16(30)29-12-11-17-7-4-5-10-20(17)21(29)14-22(31)28-15-23(2,3)18-8-6-9-19(13-18)24(25,26)27/h4-13,21H,14-15H2,1-3H3,(H,28,31). The summed E-state index contributed by atoms with van der Waals surface area (Å²) < 4.78 is 39.1. The van der Waals surface area contributed by atoms with Crippen LogP contribution in [0.25, 0.3) is 6.08 Å². The quantitative estimate of drug-likeness (QED) is 0.721. The predicted octanol–water partition coefficient (Wildman–Crippen LogP) is 5.06. The number of alkyl halides is 3. The number of halogens is 3. The molecular formula is C24H25F3N2O2. The molecule has 0 spiro atoms. The van der Waals surface area contributed by atoms with Crippen LogP contribution in [-0.2, 0) is 21.2 Å². The van der Waals surface area contributed by atoms with Crippen LogP contribution in [0.4, 0.5) is 13.2 Å². The van der Waals surface area contributed by atoms with Gasteiger partial charge < -0.3 is 10.2 Å². The van der Waals surface area contributed by atoms with Gasteiger partial charge in [-0.25, -0.2) is 0 Å². The van der Waals surface area contributed by atoms with Crippen LogP contribution in [0.2, 0.25) is 0 Å². The molecule has 2 aromatic rings. The Morgan fingerprint density at radius 2 is 1.71 bits per heavy atom. The van der Waals surface area contributed by atoms with Crippen LogP contribution in [0.15, 0.2) is 54.7 Å². The summed E-state index contributed by atoms with van der Waals surface area (Å²) in [5, 5.41) is 2.83. The van der Waals surface area contributed by atoms with E-state index in [9.17, 15) is 22.8 Å². The van der Waals surface area contributed by atoms with E-state index in [4.69, 9.17) is 0 Å². The lowest BCUT2D eigenvalue weighted by Gasteiger charge is -2.33. The zero-order valence-corrected chi connectivity index (χ0v) is 17.7. The second-order valence-electron chi connectivity index (χ2n) is 8.33. The van der Waals surface area contributed by atoms with Crippen molar-refractivity contribution in [3.8, 4) is 0 Å². The molecule has 0 saturated heterocycles. The molecule has 1 aliphatic rings. The van der Waals surface area contributed by atoms with Crippen LogP contribution in [0, 0.1) is 0 Å². The summed E-state index contributed by atoms with van der Waals surface area (Å²) in [6.07, 6.45) is -0.857. The van der Waals surface area contributed by atoms with Gasteiger partial charge in [-0.2, -0.15) is 13.2 Å². The van der Waals surface area contributed by atoms with Crippen LogP contribution in [-0.4, -0.2) is 23.3 Å². The minimum Gasteiger partial charge on any atom is -0.355 e. The van der Waals surface area contributed by atoms with Gasteiger partial charge in [0, 0.05) is 25.1 Å². The van der Waals surface area contributed by atoms with Crippen molar-refractivity contribution >= 4 is 17.9 Å². The summed E-state index contributed by atoms with van der Waals surface area (Å²) in [7, 11) is 0. The SMILES string of the molecule is CC(=O)N1C=Cc2ccccc2C1CC(=O)NCC(C)(C)c1cccc(C(F)(F)F)c1. The van der Waals surface area contributed by atoms with Crippen molar-refractivity contribution in [2.45, 2.75) is 44.8 Å². The first-order valence-electron chi connectivity index (χ1n) is 9.99. The number of hydrogen-bond donors (Lipinski definition) is 1. The van der Waals surface area contributed by atoms with E-state index in [-0.39, 0.29) is 24.8 Å². The molecule has 7 heteroatoms. The number of carbonyl (C=O) groups is 2. The molecule has 2 aromatic carbocycles. The fraction of sp³-hybridized carbons (Fsp3) is 0.333. The van der Waals surface area contributed by atoms with E-state index in [1.807, 2.05) is 30.3 Å². The summed E-state index contributed by atoms with van der Waals surface area (Å²) in [4.78, 5) is 26.3. The molecule has 164 valence electrons. The van der Waals surface area contributed by atoms with Crippen LogP contribution in [0.1, 0.15) is 55.5 Å². The molecule has 1 heterocycles. The molecule has 0 radical (unpaired) electrons. The number of hydrogen-bond acceptors (Lipinski definition) is 2. The zero-order valence-electron chi connectivity index (χ0n) is 17.7. The Bertz CT molecular complexity index is 1010. The highest BCUT2D eigenvalue weighted by Crippen LogP contribution is 2.34. The van der Waals surface area contributed by atoms with Crippen LogP contribution in [0.5, 0.6) is 0 Å². The van der Waals surface area contributed by atoms with Crippen molar-refractivity contribution in [1.82, 2.24) is 10.2 Å². The molecule has 1 N–H and O–H groups in total. The number of rotatable bonds is 5. The third-order valence-corrected chi connectivity index (χ3v) is 5.55. The van der Waals surface area contributed by atoms with Crippen LogP contribution >= 0.6 is 0 Å². The third-order valence-electron chi connectivity index (χ3n) is 5.55. The van der Waals surface area contributed by atoms with Gasteiger partial charge in [-0.3, -0.25) is 9.59 Å². The van der Waals surface area contributed by atoms with E-state index >= 15 is 0 Å². The number of carbonyl (C=O) groups excluding carboxylic acids is 2. The lowest BCUT2D eigenvalue weighted by atomic mass is 9.83. The number of fused-ring (bicyclic) bond motifs is 1. The van der Waals surface area contributed by atoms with Gasteiger partial charge in [-0.15, -0.1) is 0 Å². The fourth-order valence-corrected chi connectivity index (χ4v) is 3.70. The minimum atomic E-state index is -4.42. The second-order valence-corrected chi connectivity index (χ2v) is 8.33. The third kappa shape index (κ3) is 5.16. The van der Waals surface area contributed by atoms with Crippen molar-refractivity contribution in [3.05, 3.63) is 77.0 Å². The zero-order chi connectivity index (χ0) is 22.8. The molecule has 3 rings (SSSR count). The molecule has 0 bridgehead atoms. The average Bonchev–Trinajstić information content (AvgIpc) is 2.72. The maximum atomic E-state index is 13.0. The van der Waals surface area contributed by atoms with E-state index in [0.717, 1.165) is 23.3 Å². The maximum Gasteiger partial charge on any atom is 0.416 e. The largest absolute Gasteiger partial charge is 0.416 e. The van der Waals surface area contributed by atoms with Crippen molar-refractivity contribution in [3.63, 3.8) is 0 Å². The van der Waals surface area contributed by atoms with E-state index in [1.165, 1.54) is 17.9 Å². The number of nitrogens with one attached hydrogen (secondary N) is 1. The van der Waals surface area contributed by atoms with Gasteiger partial charge in [0.05, 0.1) is 18.0 Å². The highest BCUT2D eigenvalue weighted by Gasteiger charge is 2.33. The lowest BCUT2D eigenvalue weighted by Crippen LogP contribution is -2.39. The first-order valence-corrected chi connectivity index (χ1v) is 9.99. The van der Waals surface area contributed by atoms with E-state index in [0.29, 0.717) is 5.56 Å². The first-order chi connectivity index (χ1) is 14.5. The average molecular weight is 430 g/mol. The highest BCUT2D eigenvalue weighted by atomic mass is 19.4. The van der Waals surface area contributed by atoms with Gasteiger partial charge >= 0.3 is 6.18 Å². The van der Waals surface area contributed by atoms with E-state index in [2.05, 4.69) is 5.32 Å². The van der Waals surface area contributed by atoms with Crippen LogP contribution in [0.3, 0.4) is 0 Å². The summed E-state index contributed by atoms with van der Waals surface area (Å²) in [5.74, 6) is -0.450. The Balaban J connectivity index is 1.72. The van der Waals surface area contributed by atoms with Gasteiger partial charge in [-0.1, -0.05) is 56.3 Å². The minimum absolute atomic E-state index is 0.0552. The topological polar surface area (TPSA) is 49.4 Å². The molecule has 1 atom stereocenters. The molecule has 1 aliphatic heterocycles. The molecule has 1 unspecified atom stereocenters. The van der Waals surface area contributed by atoms with Crippen molar-refractivity contribution < 1.29 is 22.8 Å². The number of benzene rings is 2. The Kier molecular flexibility index (Phi) is 6.25. The van der Waals surface area contributed by atoms with Gasteiger partial charge in [-0.05, 0) is 28.8 Å². The summed E-state index contributed by atoms with van der Waals surface area (Å²) in [6, 6.07) is 12.3. The van der Waals surface area contributed by atoms with Crippen molar-refractivity contribution in [2.24, 2.45) is 0 Å². The van der Waals surface area contributed by atoms with E-state index in [1.54, 1.807) is 26.1 Å². The molecule has 2 amide bonds. The Hall–Kier alpha value is -3.09. The highest BCUT2D eigenvalue weighted by molar-refractivity contribution is 5.81.